The van der Waals surface area contributed by atoms with E-state index in [1.807, 2.05) is 6.07 Å². The van der Waals surface area contributed by atoms with Crippen LogP contribution in [0.5, 0.6) is 0 Å². The highest BCUT2D eigenvalue weighted by Gasteiger charge is 2.34. The van der Waals surface area contributed by atoms with Crippen LogP contribution < -0.4 is 5.32 Å². The summed E-state index contributed by atoms with van der Waals surface area (Å²) in [5, 5.41) is 17.1. The summed E-state index contributed by atoms with van der Waals surface area (Å²) in [5.74, 6) is 0.405. The highest BCUT2D eigenvalue weighted by Crippen LogP contribution is 2.43. The Morgan fingerprint density at radius 3 is 2.74 bits per heavy atom. The fourth-order valence-corrected chi connectivity index (χ4v) is 3.54. The molecule has 0 radical (unpaired) electrons. The van der Waals surface area contributed by atoms with Crippen molar-refractivity contribution in [2.24, 2.45) is 0 Å². The van der Waals surface area contributed by atoms with Gasteiger partial charge in [-0.25, -0.2) is 4.39 Å². The number of rotatable bonds is 3. The number of aromatic nitrogens is 4. The molecule has 3 aromatic heterocycles. The lowest BCUT2D eigenvalue weighted by Gasteiger charge is -2.23. The summed E-state index contributed by atoms with van der Waals surface area (Å²) in [7, 11) is 0. The molecule has 4 aromatic rings. The van der Waals surface area contributed by atoms with Gasteiger partial charge in [-0.1, -0.05) is 0 Å². The SMILES string of the molecule is O=C1C[C@@H](c2cn[nH]c2-c2ccc(F)cc2)c2c(n[nH]c2-c2ccco2)N1. The smallest absolute Gasteiger partial charge is 0.226 e. The van der Waals surface area contributed by atoms with Crippen molar-refractivity contribution in [1.82, 2.24) is 20.4 Å². The zero-order valence-corrected chi connectivity index (χ0v) is 14.0. The average Bonchev–Trinajstić information content (AvgIpc) is 3.41. The summed E-state index contributed by atoms with van der Waals surface area (Å²) in [5.41, 5.74) is 3.93. The molecule has 1 atom stereocenters. The van der Waals surface area contributed by atoms with E-state index in [-0.39, 0.29) is 24.1 Å². The molecule has 3 N–H and O–H groups in total. The Morgan fingerprint density at radius 1 is 1.11 bits per heavy atom. The predicted octanol–water partition coefficient (Wildman–Crippen LogP) is 3.67. The third kappa shape index (κ3) is 2.53. The molecule has 0 spiro atoms. The summed E-state index contributed by atoms with van der Waals surface area (Å²) in [6.07, 6.45) is 3.53. The van der Waals surface area contributed by atoms with E-state index in [0.29, 0.717) is 17.3 Å². The van der Waals surface area contributed by atoms with Crippen molar-refractivity contribution in [3.8, 4) is 22.7 Å². The molecule has 0 unspecified atom stereocenters. The van der Waals surface area contributed by atoms with Crippen LogP contribution in [0, 0.1) is 5.82 Å². The van der Waals surface area contributed by atoms with Crippen molar-refractivity contribution in [2.75, 3.05) is 5.32 Å². The van der Waals surface area contributed by atoms with Gasteiger partial charge in [-0.2, -0.15) is 10.2 Å². The number of aromatic amines is 2. The van der Waals surface area contributed by atoms with Gasteiger partial charge in [0, 0.05) is 29.0 Å². The van der Waals surface area contributed by atoms with E-state index in [2.05, 4.69) is 25.7 Å². The number of fused-ring (bicyclic) bond motifs is 1. The standard InChI is InChI=1S/C19H14FN5O2/c20-11-5-3-10(4-6-11)17-13(9-21-23-17)12-8-15(26)22-19-16(12)18(24-25-19)14-2-1-7-27-14/h1-7,9,12H,8H2,(H,21,23)(H2,22,24,25,26)/t12-/m0/s1. The van der Waals surface area contributed by atoms with Gasteiger partial charge in [-0.15, -0.1) is 0 Å². The Balaban J connectivity index is 1.66. The molecule has 1 aliphatic rings. The number of nitrogens with zero attached hydrogens (tertiary/aromatic N) is 2. The second kappa shape index (κ2) is 5.94. The van der Waals surface area contributed by atoms with Crippen LogP contribution in [0.1, 0.15) is 23.5 Å². The fourth-order valence-electron chi connectivity index (χ4n) is 3.54. The molecule has 5 rings (SSSR count). The van der Waals surface area contributed by atoms with Crippen LogP contribution in [-0.2, 0) is 4.79 Å². The number of anilines is 1. The zero-order chi connectivity index (χ0) is 18.4. The maximum Gasteiger partial charge on any atom is 0.226 e. The monoisotopic (exact) mass is 363 g/mol. The van der Waals surface area contributed by atoms with Gasteiger partial charge in [0.1, 0.15) is 11.5 Å². The van der Waals surface area contributed by atoms with Crippen LogP contribution in [-0.4, -0.2) is 26.3 Å². The molecule has 1 aromatic carbocycles. The number of halogens is 1. The fraction of sp³-hybridized carbons (Fsp3) is 0.105. The lowest BCUT2D eigenvalue weighted by molar-refractivity contribution is -0.116. The van der Waals surface area contributed by atoms with E-state index in [1.54, 1.807) is 30.7 Å². The summed E-state index contributed by atoms with van der Waals surface area (Å²) in [6, 6.07) is 9.77. The Kier molecular flexibility index (Phi) is 3.43. The van der Waals surface area contributed by atoms with Gasteiger partial charge in [0.15, 0.2) is 11.6 Å². The Bertz CT molecular complexity index is 1110. The molecule has 1 amide bonds. The number of benzene rings is 1. The molecule has 4 heterocycles. The second-order valence-corrected chi connectivity index (χ2v) is 6.35. The third-order valence-corrected chi connectivity index (χ3v) is 4.74. The van der Waals surface area contributed by atoms with Gasteiger partial charge >= 0.3 is 0 Å². The van der Waals surface area contributed by atoms with Crippen LogP contribution in [0.15, 0.2) is 53.3 Å². The molecule has 0 saturated carbocycles. The Labute approximate surface area is 152 Å². The molecule has 0 aliphatic carbocycles. The lowest BCUT2D eigenvalue weighted by Crippen LogP contribution is -2.23. The number of H-pyrrole nitrogens is 2. The summed E-state index contributed by atoms with van der Waals surface area (Å²) >= 11 is 0. The van der Waals surface area contributed by atoms with E-state index in [0.717, 1.165) is 22.4 Å². The molecule has 0 bridgehead atoms. The number of amides is 1. The number of carbonyl (C=O) groups is 1. The van der Waals surface area contributed by atoms with E-state index >= 15 is 0 Å². The first kappa shape index (κ1) is 15.6. The van der Waals surface area contributed by atoms with Gasteiger partial charge < -0.3 is 9.73 Å². The van der Waals surface area contributed by atoms with Crippen LogP contribution in [0.4, 0.5) is 10.2 Å². The molecule has 0 saturated heterocycles. The average molecular weight is 363 g/mol. The molecule has 7 nitrogen and oxygen atoms in total. The summed E-state index contributed by atoms with van der Waals surface area (Å²) in [4.78, 5) is 12.3. The molecule has 27 heavy (non-hydrogen) atoms. The van der Waals surface area contributed by atoms with Crippen molar-refractivity contribution in [2.45, 2.75) is 12.3 Å². The van der Waals surface area contributed by atoms with Crippen molar-refractivity contribution >= 4 is 11.7 Å². The van der Waals surface area contributed by atoms with Gasteiger partial charge in [-0.3, -0.25) is 15.0 Å². The highest BCUT2D eigenvalue weighted by molar-refractivity contribution is 5.96. The van der Waals surface area contributed by atoms with E-state index < -0.39 is 0 Å². The van der Waals surface area contributed by atoms with E-state index in [1.165, 1.54) is 12.1 Å². The minimum absolute atomic E-state index is 0.128. The summed E-state index contributed by atoms with van der Waals surface area (Å²) < 4.78 is 18.8. The van der Waals surface area contributed by atoms with Gasteiger partial charge in [-0.05, 0) is 36.4 Å². The van der Waals surface area contributed by atoms with Crippen molar-refractivity contribution in [1.29, 1.82) is 0 Å². The molecular formula is C19H14FN5O2. The van der Waals surface area contributed by atoms with Crippen molar-refractivity contribution in [3.05, 3.63) is 65.8 Å². The maximum absolute atomic E-state index is 13.3. The van der Waals surface area contributed by atoms with Crippen molar-refractivity contribution < 1.29 is 13.6 Å². The topological polar surface area (TPSA) is 99.6 Å². The number of hydrogen-bond donors (Lipinski definition) is 3. The number of nitrogens with one attached hydrogen (secondary N) is 3. The highest BCUT2D eigenvalue weighted by atomic mass is 19.1. The molecule has 1 aliphatic heterocycles. The van der Waals surface area contributed by atoms with Crippen molar-refractivity contribution in [3.63, 3.8) is 0 Å². The van der Waals surface area contributed by atoms with Gasteiger partial charge in [0.2, 0.25) is 5.91 Å². The number of furan rings is 1. The maximum atomic E-state index is 13.3. The first-order valence-corrected chi connectivity index (χ1v) is 8.42. The molecule has 0 fully saturated rings. The predicted molar refractivity (Wildman–Crippen MR) is 95.4 cm³/mol. The van der Waals surface area contributed by atoms with Crippen LogP contribution >= 0.6 is 0 Å². The largest absolute Gasteiger partial charge is 0.463 e. The zero-order valence-electron chi connectivity index (χ0n) is 14.0. The Morgan fingerprint density at radius 2 is 1.96 bits per heavy atom. The van der Waals surface area contributed by atoms with Crippen LogP contribution in [0.3, 0.4) is 0 Å². The number of hydrogen-bond acceptors (Lipinski definition) is 4. The first-order valence-electron chi connectivity index (χ1n) is 8.42. The normalized spacial score (nSPS) is 16.2. The minimum Gasteiger partial charge on any atom is -0.463 e. The third-order valence-electron chi connectivity index (χ3n) is 4.74. The molecular weight excluding hydrogens is 349 g/mol. The Hall–Kier alpha value is -3.68. The van der Waals surface area contributed by atoms with E-state index in [9.17, 15) is 9.18 Å². The van der Waals surface area contributed by atoms with Crippen LogP contribution in [0.25, 0.3) is 22.7 Å². The van der Waals surface area contributed by atoms with E-state index in [4.69, 9.17) is 4.42 Å². The number of carbonyl (C=O) groups excluding carboxylic acids is 1. The first-order chi connectivity index (χ1) is 13.2. The second-order valence-electron chi connectivity index (χ2n) is 6.35. The van der Waals surface area contributed by atoms with Gasteiger partial charge in [0.05, 0.1) is 18.2 Å². The lowest BCUT2D eigenvalue weighted by atomic mass is 9.84. The van der Waals surface area contributed by atoms with Gasteiger partial charge in [0.25, 0.3) is 0 Å². The summed E-state index contributed by atoms with van der Waals surface area (Å²) in [6.45, 7) is 0. The quantitative estimate of drug-likeness (QED) is 0.517. The molecule has 134 valence electrons. The molecule has 8 heteroatoms. The van der Waals surface area contributed by atoms with Crippen LogP contribution in [0.2, 0.25) is 0 Å². The minimum atomic E-state index is -0.311.